The number of ether oxygens (including phenoxy) is 1. The van der Waals surface area contributed by atoms with Gasteiger partial charge in [0.1, 0.15) is 22.9 Å². The number of nitrogen functional groups attached to an aromatic ring is 1. The van der Waals surface area contributed by atoms with Crippen LogP contribution in [-0.4, -0.2) is 35.3 Å². The van der Waals surface area contributed by atoms with E-state index in [9.17, 15) is 19.1 Å². The predicted octanol–water partition coefficient (Wildman–Crippen LogP) is 5.31. The van der Waals surface area contributed by atoms with Crippen molar-refractivity contribution in [3.05, 3.63) is 125 Å². The standard InChI is InChI=1S/C32H23F2N7O4/c1-40-16-19(15-37-40)18-12-25(31(44)41(17-18)22-5-2-20(33)3-6-22)30(43)38-21-4-9-29(26(34)13-21)45-23-7-8-28(42)24(14-23)27-10-11-36-32(35)39-27/h2-17,42H,1H3,(H,38,43)(H2,35,36,39). The minimum Gasteiger partial charge on any atom is -0.507 e. The zero-order valence-corrected chi connectivity index (χ0v) is 23.5. The number of carbonyl (C=O) groups is 1. The van der Waals surface area contributed by atoms with E-state index >= 15 is 4.39 Å². The second-order valence-corrected chi connectivity index (χ2v) is 9.88. The van der Waals surface area contributed by atoms with E-state index in [1.54, 1.807) is 30.2 Å². The van der Waals surface area contributed by atoms with Crippen LogP contribution in [0.1, 0.15) is 10.4 Å². The molecule has 0 radical (unpaired) electrons. The van der Waals surface area contributed by atoms with Gasteiger partial charge >= 0.3 is 0 Å². The Hall–Kier alpha value is -6.37. The smallest absolute Gasteiger partial charge is 0.267 e. The van der Waals surface area contributed by atoms with Crippen molar-refractivity contribution in [2.24, 2.45) is 7.05 Å². The molecule has 0 spiro atoms. The number of amides is 1. The molecule has 224 valence electrons. The number of aromatic nitrogens is 5. The Labute approximate surface area is 253 Å². The first-order valence-electron chi connectivity index (χ1n) is 13.4. The topological polar surface area (TPSA) is 150 Å². The molecular formula is C32H23F2N7O4. The van der Waals surface area contributed by atoms with Gasteiger partial charge in [0.25, 0.3) is 11.5 Å². The number of nitrogens with one attached hydrogen (secondary N) is 1. The third kappa shape index (κ3) is 6.08. The maximum atomic E-state index is 15.2. The highest BCUT2D eigenvalue weighted by Gasteiger charge is 2.18. The number of halogens is 2. The van der Waals surface area contributed by atoms with Crippen LogP contribution in [0, 0.1) is 11.6 Å². The van der Waals surface area contributed by atoms with Crippen molar-refractivity contribution >= 4 is 17.5 Å². The summed E-state index contributed by atoms with van der Waals surface area (Å²) in [5.74, 6) is -2.12. The van der Waals surface area contributed by atoms with Crippen molar-refractivity contribution < 1.29 is 23.4 Å². The fourth-order valence-corrected chi connectivity index (χ4v) is 4.56. The van der Waals surface area contributed by atoms with Crippen molar-refractivity contribution in [1.29, 1.82) is 0 Å². The summed E-state index contributed by atoms with van der Waals surface area (Å²) in [6.45, 7) is 0. The van der Waals surface area contributed by atoms with Gasteiger partial charge in [0.15, 0.2) is 11.6 Å². The van der Waals surface area contributed by atoms with Gasteiger partial charge < -0.3 is 20.9 Å². The molecule has 11 nitrogen and oxygen atoms in total. The van der Waals surface area contributed by atoms with Crippen molar-refractivity contribution in [3.63, 3.8) is 0 Å². The first-order chi connectivity index (χ1) is 21.6. The number of benzene rings is 3. The molecule has 0 unspecified atom stereocenters. The van der Waals surface area contributed by atoms with E-state index in [0.717, 1.165) is 6.07 Å². The monoisotopic (exact) mass is 607 g/mol. The lowest BCUT2D eigenvalue weighted by Crippen LogP contribution is -2.28. The van der Waals surface area contributed by atoms with Gasteiger partial charge in [-0.05, 0) is 66.7 Å². The first kappa shape index (κ1) is 28.7. The molecule has 3 heterocycles. The summed E-state index contributed by atoms with van der Waals surface area (Å²) in [5.41, 5.74) is 6.93. The van der Waals surface area contributed by atoms with Crippen molar-refractivity contribution in [1.82, 2.24) is 24.3 Å². The average Bonchev–Trinajstić information content (AvgIpc) is 3.46. The number of carbonyl (C=O) groups excluding carboxylic acids is 1. The molecule has 0 aliphatic carbocycles. The quantitative estimate of drug-likeness (QED) is 0.221. The van der Waals surface area contributed by atoms with Crippen molar-refractivity contribution in [2.75, 3.05) is 11.1 Å². The highest BCUT2D eigenvalue weighted by atomic mass is 19.1. The van der Waals surface area contributed by atoms with E-state index < -0.39 is 23.1 Å². The lowest BCUT2D eigenvalue weighted by molar-refractivity contribution is 0.102. The Morgan fingerprint density at radius 3 is 2.49 bits per heavy atom. The number of hydrogen-bond acceptors (Lipinski definition) is 8. The fraction of sp³-hybridized carbons (Fsp3) is 0.0312. The molecule has 0 saturated carbocycles. The lowest BCUT2D eigenvalue weighted by atomic mass is 10.1. The Balaban J connectivity index is 1.28. The van der Waals surface area contributed by atoms with Crippen LogP contribution in [0.5, 0.6) is 17.2 Å². The summed E-state index contributed by atoms with van der Waals surface area (Å²) >= 11 is 0. The van der Waals surface area contributed by atoms with Gasteiger partial charge in [-0.1, -0.05) is 0 Å². The zero-order chi connectivity index (χ0) is 31.7. The number of anilines is 2. The molecule has 3 aromatic carbocycles. The second kappa shape index (κ2) is 11.7. The van der Waals surface area contributed by atoms with Crippen LogP contribution in [-0.2, 0) is 7.05 Å². The molecule has 6 rings (SSSR count). The first-order valence-corrected chi connectivity index (χ1v) is 13.4. The van der Waals surface area contributed by atoms with Crippen molar-refractivity contribution in [3.8, 4) is 45.3 Å². The predicted molar refractivity (Wildman–Crippen MR) is 162 cm³/mol. The van der Waals surface area contributed by atoms with Gasteiger partial charge in [-0.3, -0.25) is 18.8 Å². The second-order valence-electron chi connectivity index (χ2n) is 9.88. The minimum absolute atomic E-state index is 0.0140. The summed E-state index contributed by atoms with van der Waals surface area (Å²) in [6.07, 6.45) is 6.25. The number of hydrogen-bond donors (Lipinski definition) is 3. The SMILES string of the molecule is Cn1cc(-c2cc(C(=O)Nc3ccc(Oc4ccc(O)c(-c5ccnc(N)n5)c4)c(F)c3)c(=O)n(-c3ccc(F)cc3)c2)cn1. The average molecular weight is 608 g/mol. The van der Waals surface area contributed by atoms with Crippen LogP contribution in [0.2, 0.25) is 0 Å². The molecule has 0 saturated heterocycles. The van der Waals surface area contributed by atoms with Gasteiger partial charge in [0, 0.05) is 59.8 Å². The van der Waals surface area contributed by atoms with E-state index in [0.29, 0.717) is 28.1 Å². The number of nitrogens with two attached hydrogens (primary N) is 1. The summed E-state index contributed by atoms with van der Waals surface area (Å²) in [6, 6.07) is 16.2. The number of phenolic OH excluding ortho intramolecular Hbond substituents is 1. The number of aryl methyl sites for hydroxylation is 1. The summed E-state index contributed by atoms with van der Waals surface area (Å²) in [4.78, 5) is 34.7. The van der Waals surface area contributed by atoms with Crippen molar-refractivity contribution in [2.45, 2.75) is 0 Å². The molecule has 6 aromatic rings. The van der Waals surface area contributed by atoms with Gasteiger partial charge in [-0.15, -0.1) is 0 Å². The van der Waals surface area contributed by atoms with Crippen LogP contribution < -0.4 is 21.3 Å². The van der Waals surface area contributed by atoms with Crippen LogP contribution in [0.4, 0.5) is 20.4 Å². The van der Waals surface area contributed by atoms with Crippen LogP contribution in [0.25, 0.3) is 28.1 Å². The maximum absolute atomic E-state index is 15.2. The molecule has 0 fully saturated rings. The highest BCUT2D eigenvalue weighted by molar-refractivity contribution is 6.04. The van der Waals surface area contributed by atoms with E-state index in [-0.39, 0.29) is 34.4 Å². The number of pyridine rings is 1. The molecule has 0 bridgehead atoms. The molecule has 1 amide bonds. The van der Waals surface area contributed by atoms with Gasteiger partial charge in [-0.2, -0.15) is 5.10 Å². The maximum Gasteiger partial charge on any atom is 0.267 e. The summed E-state index contributed by atoms with van der Waals surface area (Å²) < 4.78 is 37.2. The highest BCUT2D eigenvalue weighted by Crippen LogP contribution is 2.34. The fourth-order valence-electron chi connectivity index (χ4n) is 4.56. The molecule has 4 N–H and O–H groups in total. The van der Waals surface area contributed by atoms with Crippen LogP contribution in [0.15, 0.2) is 102 Å². The summed E-state index contributed by atoms with van der Waals surface area (Å²) in [5, 5.41) is 17.0. The number of phenols is 1. The van der Waals surface area contributed by atoms with Gasteiger partial charge in [-0.25, -0.2) is 18.7 Å². The number of aromatic hydroxyl groups is 1. The van der Waals surface area contributed by atoms with Gasteiger partial charge in [0.05, 0.1) is 11.9 Å². The van der Waals surface area contributed by atoms with E-state index in [1.165, 1.54) is 77.6 Å². The van der Waals surface area contributed by atoms with E-state index in [2.05, 4.69) is 20.4 Å². The molecule has 0 aliphatic heterocycles. The molecule has 13 heteroatoms. The Morgan fingerprint density at radius 2 is 1.78 bits per heavy atom. The van der Waals surface area contributed by atoms with E-state index in [1.807, 2.05) is 0 Å². The molecular weight excluding hydrogens is 584 g/mol. The number of nitrogens with zero attached hydrogens (tertiary/aromatic N) is 5. The summed E-state index contributed by atoms with van der Waals surface area (Å²) in [7, 11) is 1.73. The third-order valence-corrected chi connectivity index (χ3v) is 6.74. The lowest BCUT2D eigenvalue weighted by Gasteiger charge is -2.13. The Morgan fingerprint density at radius 1 is 0.978 bits per heavy atom. The normalized spacial score (nSPS) is 10.9. The molecule has 0 aliphatic rings. The Kier molecular flexibility index (Phi) is 7.49. The van der Waals surface area contributed by atoms with Crippen LogP contribution in [0.3, 0.4) is 0 Å². The largest absolute Gasteiger partial charge is 0.507 e. The third-order valence-electron chi connectivity index (χ3n) is 6.74. The molecule has 45 heavy (non-hydrogen) atoms. The van der Waals surface area contributed by atoms with E-state index in [4.69, 9.17) is 10.5 Å². The molecule has 0 atom stereocenters. The number of rotatable bonds is 7. The minimum atomic E-state index is -0.804. The van der Waals surface area contributed by atoms with Gasteiger partial charge in [0.2, 0.25) is 5.95 Å². The van der Waals surface area contributed by atoms with Crippen LogP contribution >= 0.6 is 0 Å². The molecule has 3 aromatic heterocycles. The zero-order valence-electron chi connectivity index (χ0n) is 23.5. The Bertz CT molecular complexity index is 2130.